The average Bonchev–Trinajstić information content (AvgIpc) is 2.45. The molecular weight excluding hydrogens is 196 g/mol. The number of hydrogen-bond donors (Lipinski definition) is 2. The lowest BCUT2D eigenvalue weighted by Gasteiger charge is -2.27. The smallest absolute Gasteiger partial charge is 0.0472 e. The summed E-state index contributed by atoms with van der Waals surface area (Å²) >= 11 is 5.92. The third-order valence-electron chi connectivity index (χ3n) is 2.87. The van der Waals surface area contributed by atoms with Gasteiger partial charge in [0.1, 0.15) is 0 Å². The first kappa shape index (κ1) is 8.33. The lowest BCUT2D eigenvalue weighted by molar-refractivity contribution is 0.385. The van der Waals surface area contributed by atoms with Crippen molar-refractivity contribution in [1.82, 2.24) is 10.3 Å². The van der Waals surface area contributed by atoms with Gasteiger partial charge in [-0.1, -0.05) is 17.7 Å². The van der Waals surface area contributed by atoms with Crippen LogP contribution in [0.5, 0.6) is 0 Å². The highest BCUT2D eigenvalue weighted by Gasteiger charge is 2.21. The van der Waals surface area contributed by atoms with E-state index in [4.69, 9.17) is 11.6 Å². The van der Waals surface area contributed by atoms with Crippen molar-refractivity contribution in [3.8, 4) is 0 Å². The number of halogens is 1. The van der Waals surface area contributed by atoms with Gasteiger partial charge in [-0.2, -0.15) is 0 Å². The van der Waals surface area contributed by atoms with Crippen LogP contribution < -0.4 is 5.32 Å². The van der Waals surface area contributed by atoms with Crippen molar-refractivity contribution >= 4 is 22.5 Å². The van der Waals surface area contributed by atoms with Crippen LogP contribution in [0.2, 0.25) is 5.02 Å². The van der Waals surface area contributed by atoms with Crippen molar-refractivity contribution in [2.24, 2.45) is 0 Å². The van der Waals surface area contributed by atoms with Crippen LogP contribution in [0.3, 0.4) is 0 Å². The van der Waals surface area contributed by atoms with Crippen LogP contribution in [-0.2, 0) is 0 Å². The van der Waals surface area contributed by atoms with E-state index < -0.39 is 0 Å². The number of benzene rings is 1. The average molecular weight is 207 g/mol. The summed E-state index contributed by atoms with van der Waals surface area (Å²) in [6, 6.07) is 6.53. The number of aromatic amines is 1. The molecule has 3 heteroatoms. The molecule has 1 fully saturated rings. The Hall–Kier alpha value is -0.990. The molecule has 14 heavy (non-hydrogen) atoms. The molecule has 1 aliphatic heterocycles. The number of aromatic nitrogens is 1. The van der Waals surface area contributed by atoms with E-state index in [2.05, 4.69) is 22.6 Å². The molecule has 2 N–H and O–H groups in total. The van der Waals surface area contributed by atoms with Crippen molar-refractivity contribution in [2.45, 2.75) is 12.5 Å². The molecule has 0 radical (unpaired) electrons. The molecule has 1 unspecified atom stereocenters. The molecule has 0 aliphatic carbocycles. The van der Waals surface area contributed by atoms with Gasteiger partial charge in [0.15, 0.2) is 0 Å². The van der Waals surface area contributed by atoms with Gasteiger partial charge >= 0.3 is 0 Å². The van der Waals surface area contributed by atoms with Crippen LogP contribution in [0.15, 0.2) is 24.4 Å². The predicted molar refractivity (Wildman–Crippen MR) is 58.7 cm³/mol. The highest BCUT2D eigenvalue weighted by atomic mass is 35.5. The van der Waals surface area contributed by atoms with E-state index >= 15 is 0 Å². The monoisotopic (exact) mass is 206 g/mol. The van der Waals surface area contributed by atoms with Crippen LogP contribution in [0.1, 0.15) is 18.0 Å². The lowest BCUT2D eigenvalue weighted by Crippen LogP contribution is -2.34. The van der Waals surface area contributed by atoms with Crippen LogP contribution in [-0.4, -0.2) is 11.5 Å². The zero-order valence-corrected chi connectivity index (χ0v) is 8.43. The summed E-state index contributed by atoms with van der Waals surface area (Å²) in [6.45, 7) is 1.13. The molecule has 1 aromatic heterocycles. The second-order valence-electron chi connectivity index (χ2n) is 3.73. The molecule has 0 bridgehead atoms. The number of rotatable bonds is 1. The molecule has 1 atom stereocenters. The number of H-pyrrole nitrogens is 1. The van der Waals surface area contributed by atoms with Gasteiger partial charge in [0.05, 0.1) is 0 Å². The fraction of sp³-hybridized carbons (Fsp3) is 0.273. The first-order chi connectivity index (χ1) is 6.84. The topological polar surface area (TPSA) is 27.8 Å². The van der Waals surface area contributed by atoms with Crippen LogP contribution in [0.25, 0.3) is 10.9 Å². The molecule has 1 aromatic carbocycles. The van der Waals surface area contributed by atoms with E-state index in [1.54, 1.807) is 0 Å². The highest BCUT2D eigenvalue weighted by Crippen LogP contribution is 2.30. The molecule has 2 heterocycles. The quantitative estimate of drug-likeness (QED) is 0.738. The fourth-order valence-corrected chi connectivity index (χ4v) is 2.14. The van der Waals surface area contributed by atoms with E-state index in [0.717, 1.165) is 17.1 Å². The van der Waals surface area contributed by atoms with Crippen molar-refractivity contribution in [2.75, 3.05) is 6.54 Å². The molecule has 3 rings (SSSR count). The molecule has 1 aliphatic rings. The van der Waals surface area contributed by atoms with E-state index in [1.165, 1.54) is 17.4 Å². The SMILES string of the molecule is Clc1ccc2c(C3CCN3)c[nH]c2c1. The molecule has 0 spiro atoms. The number of nitrogens with one attached hydrogen (secondary N) is 2. The van der Waals surface area contributed by atoms with Gasteiger partial charge in [0, 0.05) is 28.2 Å². The standard InChI is InChI=1S/C11H11ClN2/c12-7-1-2-8-9(10-3-4-13-10)6-14-11(8)5-7/h1-2,5-6,10,13-14H,3-4H2. The van der Waals surface area contributed by atoms with Gasteiger partial charge in [-0.05, 0) is 30.7 Å². The Balaban J connectivity index is 2.16. The fourth-order valence-electron chi connectivity index (χ4n) is 1.96. The predicted octanol–water partition coefficient (Wildman–Crippen LogP) is 2.86. The maximum absolute atomic E-state index is 5.92. The van der Waals surface area contributed by atoms with E-state index in [0.29, 0.717) is 6.04 Å². The maximum Gasteiger partial charge on any atom is 0.0472 e. The first-order valence-electron chi connectivity index (χ1n) is 4.84. The normalized spacial score (nSPS) is 21.1. The Labute approximate surface area is 87.3 Å². The summed E-state index contributed by atoms with van der Waals surface area (Å²) < 4.78 is 0. The van der Waals surface area contributed by atoms with E-state index in [9.17, 15) is 0 Å². The molecule has 72 valence electrons. The molecule has 0 amide bonds. The Kier molecular flexibility index (Phi) is 1.79. The summed E-state index contributed by atoms with van der Waals surface area (Å²) in [5.41, 5.74) is 2.49. The molecule has 0 saturated carbocycles. The largest absolute Gasteiger partial charge is 0.361 e. The second-order valence-corrected chi connectivity index (χ2v) is 4.17. The Bertz CT molecular complexity index is 471. The Morgan fingerprint density at radius 1 is 1.36 bits per heavy atom. The summed E-state index contributed by atoms with van der Waals surface area (Å²) in [4.78, 5) is 3.25. The van der Waals surface area contributed by atoms with Crippen LogP contribution in [0.4, 0.5) is 0 Å². The third kappa shape index (κ3) is 1.15. The number of hydrogen-bond acceptors (Lipinski definition) is 1. The zero-order valence-electron chi connectivity index (χ0n) is 7.68. The molecule has 2 aromatic rings. The zero-order chi connectivity index (χ0) is 9.54. The van der Waals surface area contributed by atoms with Gasteiger partial charge in [-0.15, -0.1) is 0 Å². The van der Waals surface area contributed by atoms with Gasteiger partial charge in [0.25, 0.3) is 0 Å². The summed E-state index contributed by atoms with van der Waals surface area (Å²) in [6.07, 6.45) is 3.31. The minimum Gasteiger partial charge on any atom is -0.361 e. The Morgan fingerprint density at radius 3 is 2.93 bits per heavy atom. The van der Waals surface area contributed by atoms with Gasteiger partial charge in [-0.3, -0.25) is 0 Å². The van der Waals surface area contributed by atoms with Crippen LogP contribution >= 0.6 is 11.6 Å². The summed E-state index contributed by atoms with van der Waals surface area (Å²) in [5.74, 6) is 0. The third-order valence-corrected chi connectivity index (χ3v) is 3.11. The van der Waals surface area contributed by atoms with Crippen molar-refractivity contribution < 1.29 is 0 Å². The number of fused-ring (bicyclic) bond motifs is 1. The summed E-state index contributed by atoms with van der Waals surface area (Å²) in [5, 5.41) is 5.47. The van der Waals surface area contributed by atoms with Crippen molar-refractivity contribution in [1.29, 1.82) is 0 Å². The van der Waals surface area contributed by atoms with Crippen molar-refractivity contribution in [3.63, 3.8) is 0 Å². The molecule has 2 nitrogen and oxygen atoms in total. The van der Waals surface area contributed by atoms with Gasteiger partial charge in [-0.25, -0.2) is 0 Å². The van der Waals surface area contributed by atoms with E-state index in [1.807, 2.05) is 12.1 Å². The minimum absolute atomic E-state index is 0.532. The highest BCUT2D eigenvalue weighted by molar-refractivity contribution is 6.31. The molecular formula is C11H11ClN2. The first-order valence-corrected chi connectivity index (χ1v) is 5.22. The van der Waals surface area contributed by atoms with Gasteiger partial charge < -0.3 is 10.3 Å². The van der Waals surface area contributed by atoms with E-state index in [-0.39, 0.29) is 0 Å². The minimum atomic E-state index is 0.532. The van der Waals surface area contributed by atoms with Crippen LogP contribution in [0, 0.1) is 0 Å². The maximum atomic E-state index is 5.92. The van der Waals surface area contributed by atoms with Gasteiger partial charge in [0.2, 0.25) is 0 Å². The van der Waals surface area contributed by atoms with Crippen molar-refractivity contribution in [3.05, 3.63) is 35.0 Å². The Morgan fingerprint density at radius 2 is 2.21 bits per heavy atom. The summed E-state index contributed by atoms with van der Waals surface area (Å²) in [7, 11) is 0. The molecule has 1 saturated heterocycles. The lowest BCUT2D eigenvalue weighted by atomic mass is 9.98. The second kappa shape index (κ2) is 3.01.